The number of rotatable bonds is 8. The number of esters is 2. The maximum absolute atomic E-state index is 13.7. The van der Waals surface area contributed by atoms with Crippen LogP contribution in [0.1, 0.15) is 31.8 Å². The molecule has 44 heavy (non-hydrogen) atoms. The molecule has 0 radical (unpaired) electrons. The van der Waals surface area contributed by atoms with Gasteiger partial charge in [0.15, 0.2) is 0 Å². The van der Waals surface area contributed by atoms with E-state index in [4.69, 9.17) is 9.47 Å². The number of nitriles is 4. The zero-order chi connectivity index (χ0) is 31.1. The predicted octanol–water partition coefficient (Wildman–Crippen LogP) is 7.07. The Kier molecular flexibility index (Phi) is 8.80. The summed E-state index contributed by atoms with van der Waals surface area (Å²) in [4.78, 5) is 35.6. The fourth-order valence-corrected chi connectivity index (χ4v) is 6.40. The molecule has 0 N–H and O–H groups in total. The second-order valence-corrected chi connectivity index (χ2v) is 11.0. The van der Waals surface area contributed by atoms with Crippen molar-refractivity contribution in [1.29, 1.82) is 21.0 Å². The molecular weight excluding hydrogens is 597 g/mol. The third kappa shape index (κ3) is 6.18. The van der Waals surface area contributed by atoms with Gasteiger partial charge < -0.3 is 9.47 Å². The Labute approximate surface area is 258 Å². The van der Waals surface area contributed by atoms with Crippen LogP contribution in [-0.2, 0) is 22.7 Å². The molecule has 2 heterocycles. The third-order valence-electron chi connectivity index (χ3n) is 6.13. The first-order valence-electron chi connectivity index (χ1n) is 12.7. The standard InChI is InChI=1S/C32H16N6O4S2/c33-13-21(14-34)37-25-11-23-27(31(39)41-17-19-7-3-1-4-8-19)29-24(12-26(43-29)38-22(15-35)16-36)28(30(23)44-25)32(40)42-18-20-9-5-2-6-10-20/h1-12H,17-18H2. The van der Waals surface area contributed by atoms with E-state index in [0.29, 0.717) is 20.2 Å². The van der Waals surface area contributed by atoms with Crippen molar-refractivity contribution in [3.05, 3.63) is 95.1 Å². The van der Waals surface area contributed by atoms with Crippen molar-refractivity contribution in [3.63, 3.8) is 0 Å². The molecule has 3 aromatic carbocycles. The SMILES string of the molecule is N#CC(C#N)=Nc1cc2c(C(=O)OCc3ccccc3)c3sc(N=C(C#N)C#N)cc3c(C(=O)OCc3ccccc3)c2s1. The molecule has 0 bridgehead atoms. The van der Waals surface area contributed by atoms with Gasteiger partial charge in [-0.3, -0.25) is 0 Å². The van der Waals surface area contributed by atoms with Gasteiger partial charge in [-0.25, -0.2) is 19.6 Å². The summed E-state index contributed by atoms with van der Waals surface area (Å²) >= 11 is 1.98. The predicted molar refractivity (Wildman–Crippen MR) is 165 cm³/mol. The van der Waals surface area contributed by atoms with Crippen LogP contribution in [0.4, 0.5) is 10.0 Å². The minimum atomic E-state index is -0.708. The fraction of sp³-hybridized carbons (Fsp3) is 0.0625. The average molecular weight is 613 g/mol. The van der Waals surface area contributed by atoms with E-state index in [1.165, 1.54) is 12.1 Å². The highest BCUT2D eigenvalue weighted by Gasteiger charge is 2.28. The molecule has 0 atom stereocenters. The van der Waals surface area contributed by atoms with Gasteiger partial charge in [0.25, 0.3) is 0 Å². The lowest BCUT2D eigenvalue weighted by Gasteiger charge is -2.11. The van der Waals surface area contributed by atoms with Gasteiger partial charge in [0.1, 0.15) is 47.5 Å². The van der Waals surface area contributed by atoms with Gasteiger partial charge in [0, 0.05) is 10.8 Å². The molecule has 5 rings (SSSR count). The summed E-state index contributed by atoms with van der Waals surface area (Å²) in [5.74, 6) is -1.42. The molecule has 0 saturated carbocycles. The van der Waals surface area contributed by atoms with E-state index in [2.05, 4.69) is 9.98 Å². The van der Waals surface area contributed by atoms with E-state index in [0.717, 1.165) is 33.8 Å². The molecule has 12 heteroatoms. The number of aliphatic imine (C=N–C) groups is 2. The molecule has 0 aliphatic carbocycles. The van der Waals surface area contributed by atoms with Crippen molar-refractivity contribution >= 4 is 76.2 Å². The highest BCUT2D eigenvalue weighted by molar-refractivity contribution is 7.25. The van der Waals surface area contributed by atoms with E-state index < -0.39 is 23.4 Å². The summed E-state index contributed by atoms with van der Waals surface area (Å²) in [5, 5.41) is 38.1. The second kappa shape index (κ2) is 13.2. The topological polar surface area (TPSA) is 172 Å². The van der Waals surface area contributed by atoms with Crippen molar-refractivity contribution in [1.82, 2.24) is 0 Å². The van der Waals surface area contributed by atoms with Gasteiger partial charge >= 0.3 is 11.9 Å². The number of fused-ring (bicyclic) bond motifs is 2. The average Bonchev–Trinajstić information content (AvgIpc) is 3.67. The van der Waals surface area contributed by atoms with Gasteiger partial charge in [-0.05, 0) is 23.3 Å². The van der Waals surface area contributed by atoms with Crippen LogP contribution in [0.5, 0.6) is 0 Å². The molecule has 0 saturated heterocycles. The van der Waals surface area contributed by atoms with Crippen LogP contribution >= 0.6 is 22.7 Å². The lowest BCUT2D eigenvalue weighted by molar-refractivity contribution is 0.0465. The molecule has 0 aliphatic heterocycles. The van der Waals surface area contributed by atoms with Crippen LogP contribution in [0.15, 0.2) is 82.8 Å². The van der Waals surface area contributed by atoms with Crippen molar-refractivity contribution in [2.75, 3.05) is 0 Å². The molecule has 0 unspecified atom stereocenters. The molecule has 10 nitrogen and oxygen atoms in total. The maximum Gasteiger partial charge on any atom is 0.340 e. The second-order valence-electron chi connectivity index (χ2n) is 8.90. The first-order chi connectivity index (χ1) is 21.4. The van der Waals surface area contributed by atoms with Crippen LogP contribution in [0.3, 0.4) is 0 Å². The Hall–Kier alpha value is -6.18. The van der Waals surface area contributed by atoms with Crippen molar-refractivity contribution in [2.24, 2.45) is 9.98 Å². The number of ether oxygens (including phenoxy) is 2. The van der Waals surface area contributed by atoms with E-state index in [9.17, 15) is 30.6 Å². The fourth-order valence-electron chi connectivity index (χ4n) is 4.22. The van der Waals surface area contributed by atoms with Crippen LogP contribution in [-0.4, -0.2) is 23.4 Å². The zero-order valence-corrected chi connectivity index (χ0v) is 24.1. The summed E-state index contributed by atoms with van der Waals surface area (Å²) in [6.45, 7) is -0.0653. The highest BCUT2D eigenvalue weighted by atomic mass is 32.1. The molecule has 5 aromatic rings. The Morgan fingerprint density at radius 2 is 0.977 bits per heavy atom. The monoisotopic (exact) mass is 612 g/mol. The minimum absolute atomic E-state index is 0.0327. The Balaban J connectivity index is 1.73. The smallest absolute Gasteiger partial charge is 0.340 e. The molecule has 210 valence electrons. The van der Waals surface area contributed by atoms with E-state index in [-0.39, 0.29) is 34.3 Å². The maximum atomic E-state index is 13.7. The summed E-state index contributed by atoms with van der Waals surface area (Å²) in [6, 6.07) is 28.0. The van der Waals surface area contributed by atoms with Crippen LogP contribution in [0, 0.1) is 45.3 Å². The van der Waals surface area contributed by atoms with Gasteiger partial charge in [0.05, 0.1) is 20.5 Å². The van der Waals surface area contributed by atoms with Crippen molar-refractivity contribution in [3.8, 4) is 24.3 Å². The Morgan fingerprint density at radius 3 is 1.32 bits per heavy atom. The third-order valence-corrected chi connectivity index (χ3v) is 8.23. The zero-order valence-electron chi connectivity index (χ0n) is 22.5. The Morgan fingerprint density at radius 1 is 0.614 bits per heavy atom. The molecular formula is C32H16N6O4S2. The lowest BCUT2D eigenvalue weighted by atomic mass is 10.0. The number of hydrogen-bond donors (Lipinski definition) is 0. The first-order valence-corrected chi connectivity index (χ1v) is 14.3. The number of benzene rings is 3. The number of carbonyl (C=O) groups excluding carboxylic acids is 2. The number of hydrogen-bond acceptors (Lipinski definition) is 12. The summed E-state index contributed by atoms with van der Waals surface area (Å²) in [6.07, 6.45) is 0. The van der Waals surface area contributed by atoms with Crippen LogP contribution in [0.2, 0.25) is 0 Å². The molecule has 0 amide bonds. The molecule has 0 fully saturated rings. The Bertz CT molecular complexity index is 1920. The summed E-state index contributed by atoms with van der Waals surface area (Å²) < 4.78 is 12.0. The quantitative estimate of drug-likeness (QED) is 0.132. The van der Waals surface area contributed by atoms with E-state index in [1.807, 2.05) is 36.4 Å². The highest BCUT2D eigenvalue weighted by Crippen LogP contribution is 2.46. The van der Waals surface area contributed by atoms with Gasteiger partial charge in [-0.1, -0.05) is 60.7 Å². The largest absolute Gasteiger partial charge is 0.457 e. The number of carbonyl (C=O) groups is 2. The van der Waals surface area contributed by atoms with E-state index in [1.54, 1.807) is 48.5 Å². The van der Waals surface area contributed by atoms with Crippen LogP contribution in [0.25, 0.3) is 20.2 Å². The first kappa shape index (κ1) is 29.3. The summed E-state index contributed by atoms with van der Waals surface area (Å²) in [7, 11) is 0. The summed E-state index contributed by atoms with van der Waals surface area (Å²) in [5.41, 5.74) is 0.888. The van der Waals surface area contributed by atoms with Crippen LogP contribution < -0.4 is 0 Å². The molecule has 0 aliphatic rings. The number of thiophene rings is 2. The van der Waals surface area contributed by atoms with Gasteiger partial charge in [-0.2, -0.15) is 21.0 Å². The van der Waals surface area contributed by atoms with Gasteiger partial charge in [-0.15, -0.1) is 22.7 Å². The van der Waals surface area contributed by atoms with Crippen molar-refractivity contribution < 1.29 is 19.1 Å². The van der Waals surface area contributed by atoms with Crippen molar-refractivity contribution in [2.45, 2.75) is 13.2 Å². The normalized spacial score (nSPS) is 10.1. The van der Waals surface area contributed by atoms with Gasteiger partial charge in [0.2, 0.25) is 11.4 Å². The molecule has 2 aromatic heterocycles. The minimum Gasteiger partial charge on any atom is -0.457 e. The lowest BCUT2D eigenvalue weighted by Crippen LogP contribution is -2.10. The number of nitrogens with zero attached hydrogens (tertiary/aromatic N) is 6. The molecule has 0 spiro atoms. The van der Waals surface area contributed by atoms with E-state index >= 15 is 0 Å².